The maximum Gasteiger partial charge on any atom is 0.331 e. The molecular weight excluding hydrogens is 482 g/mol. The van der Waals surface area contributed by atoms with Crippen LogP contribution in [0.2, 0.25) is 0 Å². The maximum atomic E-state index is 13.3. The third-order valence-electron chi connectivity index (χ3n) is 6.39. The van der Waals surface area contributed by atoms with Crippen molar-refractivity contribution < 1.29 is 14.4 Å². The van der Waals surface area contributed by atoms with Crippen molar-refractivity contribution in [3.8, 4) is 0 Å². The number of fused-ring (bicyclic) bond motifs is 1. The summed E-state index contributed by atoms with van der Waals surface area (Å²) in [5, 5.41) is 9.83. The first-order chi connectivity index (χ1) is 17.0. The Morgan fingerprint density at radius 3 is 3.00 bits per heavy atom. The van der Waals surface area contributed by atoms with E-state index in [4.69, 9.17) is 0 Å². The normalized spacial score (nSPS) is 17.5. The standard InChI is InChI=1S/C25H21N5O3S2/c1-2-19(31)29-10-3-4-15(13-29)27-23(32)22-21-20-17(7-9-26-24(20)35-22)30(25(33)28-21)16-5-6-18-14(12-16)8-11-34-18/h2,5-9,11-12,15H,1,3-4,10,13H2,(H,27,32)(H,28,33)/t15-/m1/s1. The van der Waals surface area contributed by atoms with Crippen LogP contribution >= 0.6 is 22.7 Å². The topological polar surface area (TPSA) is 94.6 Å². The zero-order chi connectivity index (χ0) is 24.1. The summed E-state index contributed by atoms with van der Waals surface area (Å²) in [4.78, 5) is 47.5. The van der Waals surface area contributed by atoms with Gasteiger partial charge in [0.25, 0.3) is 5.91 Å². The highest BCUT2D eigenvalue weighted by molar-refractivity contribution is 7.21. The van der Waals surface area contributed by atoms with Crippen LogP contribution in [0.1, 0.15) is 22.5 Å². The number of benzene rings is 1. The fourth-order valence-electron chi connectivity index (χ4n) is 4.77. The SMILES string of the molecule is C=CC(=O)N1CCC[C@@H](NC(=O)c2sc3nccc4c3c2NC(=O)N4c2ccc3sccc3c2)C1. The van der Waals surface area contributed by atoms with E-state index in [9.17, 15) is 14.4 Å². The molecule has 0 radical (unpaired) electrons. The van der Waals surface area contributed by atoms with Gasteiger partial charge < -0.3 is 15.5 Å². The number of hydrogen-bond donors (Lipinski definition) is 2. The Morgan fingerprint density at radius 2 is 2.14 bits per heavy atom. The molecule has 1 saturated heterocycles. The number of amides is 4. The number of carbonyl (C=O) groups excluding carboxylic acids is 3. The number of hydrogen-bond acceptors (Lipinski definition) is 6. The average molecular weight is 504 g/mol. The van der Waals surface area contributed by atoms with E-state index >= 15 is 0 Å². The number of nitrogens with one attached hydrogen (secondary N) is 2. The summed E-state index contributed by atoms with van der Waals surface area (Å²) >= 11 is 2.91. The van der Waals surface area contributed by atoms with E-state index in [2.05, 4.69) is 22.2 Å². The first-order valence-electron chi connectivity index (χ1n) is 11.3. The molecule has 2 N–H and O–H groups in total. The molecule has 35 heavy (non-hydrogen) atoms. The molecule has 1 fully saturated rings. The molecule has 0 aliphatic carbocycles. The predicted molar refractivity (Wildman–Crippen MR) is 140 cm³/mol. The summed E-state index contributed by atoms with van der Waals surface area (Å²) in [7, 11) is 0. The van der Waals surface area contributed by atoms with Crippen LogP contribution in [-0.4, -0.2) is 46.9 Å². The Hall–Kier alpha value is -3.76. The molecule has 1 atom stereocenters. The van der Waals surface area contributed by atoms with Crippen LogP contribution in [0.25, 0.3) is 20.3 Å². The Balaban J connectivity index is 1.34. The Bertz CT molecular complexity index is 1520. The van der Waals surface area contributed by atoms with Gasteiger partial charge in [-0.05, 0) is 60.0 Å². The summed E-state index contributed by atoms with van der Waals surface area (Å²) in [6.07, 6.45) is 4.54. The van der Waals surface area contributed by atoms with Crippen LogP contribution in [0, 0.1) is 0 Å². The summed E-state index contributed by atoms with van der Waals surface area (Å²) in [5.41, 5.74) is 1.93. The van der Waals surface area contributed by atoms with E-state index in [1.807, 2.05) is 29.6 Å². The van der Waals surface area contributed by atoms with E-state index in [0.29, 0.717) is 34.2 Å². The lowest BCUT2D eigenvalue weighted by Crippen LogP contribution is -2.49. The number of pyridine rings is 1. The van der Waals surface area contributed by atoms with Crippen LogP contribution in [0.15, 0.2) is 54.6 Å². The number of rotatable bonds is 4. The highest BCUT2D eigenvalue weighted by atomic mass is 32.1. The van der Waals surface area contributed by atoms with Gasteiger partial charge in [-0.3, -0.25) is 14.5 Å². The van der Waals surface area contributed by atoms with Gasteiger partial charge in [0.15, 0.2) is 0 Å². The van der Waals surface area contributed by atoms with Gasteiger partial charge in [0.1, 0.15) is 9.71 Å². The van der Waals surface area contributed by atoms with Crippen molar-refractivity contribution in [3.63, 3.8) is 0 Å². The first-order valence-corrected chi connectivity index (χ1v) is 12.9. The molecule has 0 unspecified atom stereocenters. The molecular formula is C25H21N5O3S2. The van der Waals surface area contributed by atoms with E-state index in [1.54, 1.807) is 33.4 Å². The van der Waals surface area contributed by atoms with Crippen molar-refractivity contribution in [3.05, 3.63) is 59.4 Å². The van der Waals surface area contributed by atoms with E-state index < -0.39 is 0 Å². The van der Waals surface area contributed by atoms with Crippen LogP contribution in [-0.2, 0) is 4.79 Å². The molecule has 2 aliphatic rings. The van der Waals surface area contributed by atoms with Gasteiger partial charge in [-0.25, -0.2) is 9.78 Å². The Morgan fingerprint density at radius 1 is 1.26 bits per heavy atom. The van der Waals surface area contributed by atoms with Crippen molar-refractivity contribution in [2.45, 2.75) is 18.9 Å². The second-order valence-corrected chi connectivity index (χ2v) is 10.5. The summed E-state index contributed by atoms with van der Waals surface area (Å²) in [5.74, 6) is -0.414. The first kappa shape index (κ1) is 21.8. The molecule has 4 aromatic rings. The van der Waals surface area contributed by atoms with Crippen LogP contribution in [0.5, 0.6) is 0 Å². The van der Waals surface area contributed by atoms with E-state index in [1.165, 1.54) is 17.4 Å². The predicted octanol–water partition coefficient (Wildman–Crippen LogP) is 5.10. The number of aromatic nitrogens is 1. The molecule has 0 spiro atoms. The highest BCUT2D eigenvalue weighted by Crippen LogP contribution is 2.46. The molecule has 2 aliphatic heterocycles. The lowest BCUT2D eigenvalue weighted by atomic mass is 10.1. The van der Waals surface area contributed by atoms with Crippen LogP contribution < -0.4 is 15.5 Å². The molecule has 6 rings (SSSR count). The van der Waals surface area contributed by atoms with Crippen molar-refractivity contribution in [1.29, 1.82) is 0 Å². The number of urea groups is 1. The van der Waals surface area contributed by atoms with E-state index in [-0.39, 0.29) is 23.9 Å². The van der Waals surface area contributed by atoms with Gasteiger partial charge in [-0.2, -0.15) is 0 Å². The summed E-state index contributed by atoms with van der Waals surface area (Å²) in [6, 6.07) is 9.26. The minimum absolute atomic E-state index is 0.136. The van der Waals surface area contributed by atoms with Gasteiger partial charge in [0.2, 0.25) is 5.91 Å². The Labute approximate surface area is 208 Å². The van der Waals surface area contributed by atoms with Crippen molar-refractivity contribution in [2.24, 2.45) is 0 Å². The van der Waals surface area contributed by atoms with Crippen molar-refractivity contribution in [2.75, 3.05) is 23.3 Å². The maximum absolute atomic E-state index is 13.3. The van der Waals surface area contributed by atoms with Crippen LogP contribution in [0.4, 0.5) is 21.9 Å². The minimum atomic E-state index is -0.326. The number of nitrogens with zero attached hydrogens (tertiary/aromatic N) is 3. The molecule has 3 aromatic heterocycles. The molecule has 4 amide bonds. The van der Waals surface area contributed by atoms with Crippen molar-refractivity contribution in [1.82, 2.24) is 15.2 Å². The molecule has 10 heteroatoms. The minimum Gasteiger partial charge on any atom is -0.347 e. The quantitative estimate of drug-likeness (QED) is 0.379. The zero-order valence-electron chi connectivity index (χ0n) is 18.6. The molecule has 8 nitrogen and oxygen atoms in total. The summed E-state index contributed by atoms with van der Waals surface area (Å²) < 4.78 is 1.15. The molecule has 0 bridgehead atoms. The molecule has 5 heterocycles. The highest BCUT2D eigenvalue weighted by Gasteiger charge is 2.33. The fourth-order valence-corrected chi connectivity index (χ4v) is 6.56. The lowest BCUT2D eigenvalue weighted by molar-refractivity contribution is -0.127. The number of likely N-dealkylation sites (tertiary alicyclic amines) is 1. The third-order valence-corrected chi connectivity index (χ3v) is 8.38. The number of anilines is 3. The average Bonchev–Trinajstić information content (AvgIpc) is 3.49. The number of piperidine rings is 1. The fraction of sp³-hybridized carbons (Fsp3) is 0.200. The molecule has 176 valence electrons. The van der Waals surface area contributed by atoms with Crippen molar-refractivity contribution >= 4 is 77.9 Å². The van der Waals surface area contributed by atoms with Gasteiger partial charge >= 0.3 is 6.03 Å². The van der Waals surface area contributed by atoms with Gasteiger partial charge in [-0.15, -0.1) is 22.7 Å². The largest absolute Gasteiger partial charge is 0.347 e. The lowest BCUT2D eigenvalue weighted by Gasteiger charge is -2.32. The second-order valence-electron chi connectivity index (χ2n) is 8.53. The Kier molecular flexibility index (Phi) is 5.27. The smallest absolute Gasteiger partial charge is 0.331 e. The summed E-state index contributed by atoms with van der Waals surface area (Å²) in [6.45, 7) is 4.64. The monoisotopic (exact) mass is 503 g/mol. The van der Waals surface area contributed by atoms with Gasteiger partial charge in [0.05, 0.1) is 22.4 Å². The number of carbonyl (C=O) groups is 3. The zero-order valence-corrected chi connectivity index (χ0v) is 20.2. The van der Waals surface area contributed by atoms with Gasteiger partial charge in [0, 0.05) is 30.0 Å². The van der Waals surface area contributed by atoms with Crippen LogP contribution in [0.3, 0.4) is 0 Å². The van der Waals surface area contributed by atoms with E-state index in [0.717, 1.165) is 34.0 Å². The second kappa shape index (κ2) is 8.47. The third kappa shape index (κ3) is 3.65. The molecule has 1 aromatic carbocycles. The van der Waals surface area contributed by atoms with Gasteiger partial charge in [-0.1, -0.05) is 6.58 Å². The molecule has 0 saturated carbocycles. The number of thiophene rings is 2.